The van der Waals surface area contributed by atoms with E-state index in [2.05, 4.69) is 43.4 Å². The maximum Gasteiger partial charge on any atom is 0.305 e. The van der Waals surface area contributed by atoms with E-state index in [4.69, 9.17) is 9.72 Å². The minimum absolute atomic E-state index is 0.481. The highest BCUT2D eigenvalue weighted by Gasteiger charge is 2.18. The fourth-order valence-electron chi connectivity index (χ4n) is 3.59. The Labute approximate surface area is 173 Å². The molecule has 1 saturated heterocycles. The lowest BCUT2D eigenvalue weighted by Crippen LogP contribution is -2.36. The molecule has 0 aliphatic carbocycles. The minimum Gasteiger partial charge on any atom is -0.378 e. The Morgan fingerprint density at radius 2 is 1.93 bits per heavy atom. The molecule has 4 aromatic rings. The number of nitriles is 1. The predicted molar refractivity (Wildman–Crippen MR) is 113 cm³/mol. The summed E-state index contributed by atoms with van der Waals surface area (Å²) in [5, 5.41) is 12.5. The molecule has 5 rings (SSSR count). The van der Waals surface area contributed by atoms with Crippen LogP contribution in [0, 0.1) is 11.3 Å². The van der Waals surface area contributed by atoms with Crippen LogP contribution in [0.25, 0.3) is 22.4 Å². The molecule has 8 nitrogen and oxygen atoms in total. The SMILES string of the molecule is N#Cc1cccc(-c2nc(Nc3ccc(N4CCOCC4)cc3)nc3[nH+]c[nH]c23)c1. The largest absolute Gasteiger partial charge is 0.378 e. The first-order valence-electron chi connectivity index (χ1n) is 9.77. The van der Waals surface area contributed by atoms with Crippen LogP contribution in [-0.4, -0.2) is 41.3 Å². The molecular weight excluding hydrogens is 378 g/mol. The number of benzene rings is 2. The van der Waals surface area contributed by atoms with Crippen LogP contribution in [0.5, 0.6) is 0 Å². The Hall–Kier alpha value is -3.96. The normalized spacial score (nSPS) is 13.9. The summed E-state index contributed by atoms with van der Waals surface area (Å²) in [5.41, 5.74) is 5.72. The molecule has 8 heteroatoms. The first-order chi connectivity index (χ1) is 14.8. The van der Waals surface area contributed by atoms with Crippen molar-refractivity contribution in [2.24, 2.45) is 0 Å². The number of nitrogens with zero attached hydrogens (tertiary/aromatic N) is 4. The molecule has 1 fully saturated rings. The molecule has 0 radical (unpaired) electrons. The van der Waals surface area contributed by atoms with Crippen LogP contribution in [0.3, 0.4) is 0 Å². The van der Waals surface area contributed by atoms with Crippen molar-refractivity contribution >= 4 is 28.5 Å². The lowest BCUT2D eigenvalue weighted by molar-refractivity contribution is -0.347. The number of aromatic nitrogens is 4. The second kappa shape index (κ2) is 7.81. The van der Waals surface area contributed by atoms with E-state index in [0.717, 1.165) is 48.8 Å². The maximum absolute atomic E-state index is 9.23. The van der Waals surface area contributed by atoms with Crippen LogP contribution in [0.2, 0.25) is 0 Å². The average Bonchev–Trinajstić information content (AvgIpc) is 3.28. The van der Waals surface area contributed by atoms with E-state index in [1.807, 2.05) is 30.3 Å². The van der Waals surface area contributed by atoms with Crippen molar-refractivity contribution in [3.8, 4) is 17.3 Å². The van der Waals surface area contributed by atoms with E-state index in [-0.39, 0.29) is 0 Å². The zero-order valence-corrected chi connectivity index (χ0v) is 16.2. The van der Waals surface area contributed by atoms with Crippen molar-refractivity contribution < 1.29 is 9.72 Å². The molecule has 1 aliphatic heterocycles. The van der Waals surface area contributed by atoms with Gasteiger partial charge in [-0.3, -0.25) is 4.98 Å². The third-order valence-corrected chi connectivity index (χ3v) is 5.10. The lowest BCUT2D eigenvalue weighted by Gasteiger charge is -2.28. The number of rotatable bonds is 4. The highest BCUT2D eigenvalue weighted by Crippen LogP contribution is 2.27. The van der Waals surface area contributed by atoms with Gasteiger partial charge in [-0.1, -0.05) is 17.1 Å². The van der Waals surface area contributed by atoms with Crippen molar-refractivity contribution in [2.75, 3.05) is 36.5 Å². The number of hydrogen-bond acceptors (Lipinski definition) is 6. The van der Waals surface area contributed by atoms with Crippen LogP contribution in [0.15, 0.2) is 54.9 Å². The summed E-state index contributed by atoms with van der Waals surface area (Å²) in [6, 6.07) is 17.8. The molecule has 148 valence electrons. The molecule has 0 unspecified atom stereocenters. The summed E-state index contributed by atoms with van der Waals surface area (Å²) in [4.78, 5) is 17.9. The molecule has 0 saturated carbocycles. The average molecular weight is 398 g/mol. The quantitative estimate of drug-likeness (QED) is 0.548. The topological polar surface area (TPSA) is 104 Å². The molecule has 1 aliphatic rings. The third-order valence-electron chi connectivity index (χ3n) is 5.10. The summed E-state index contributed by atoms with van der Waals surface area (Å²) in [6.07, 6.45) is 1.72. The highest BCUT2D eigenvalue weighted by atomic mass is 16.5. The van der Waals surface area contributed by atoms with Gasteiger partial charge in [-0.2, -0.15) is 10.2 Å². The highest BCUT2D eigenvalue weighted by molar-refractivity contribution is 5.86. The van der Waals surface area contributed by atoms with E-state index in [0.29, 0.717) is 17.2 Å². The molecule has 3 N–H and O–H groups in total. The van der Waals surface area contributed by atoms with Gasteiger partial charge in [0.15, 0.2) is 11.8 Å². The van der Waals surface area contributed by atoms with Crippen LogP contribution in [-0.2, 0) is 4.74 Å². The number of imidazole rings is 1. The molecule has 0 atom stereocenters. The Morgan fingerprint density at radius 1 is 1.10 bits per heavy atom. The van der Waals surface area contributed by atoms with Crippen molar-refractivity contribution in [1.82, 2.24) is 15.0 Å². The van der Waals surface area contributed by atoms with Gasteiger partial charge in [-0.25, -0.2) is 4.98 Å². The van der Waals surface area contributed by atoms with Gasteiger partial charge >= 0.3 is 11.6 Å². The summed E-state index contributed by atoms with van der Waals surface area (Å²) in [7, 11) is 0. The number of H-pyrrole nitrogens is 2. The van der Waals surface area contributed by atoms with Gasteiger partial charge in [-0.05, 0) is 36.4 Å². The molecule has 2 aromatic heterocycles. The number of ether oxygens (including phenoxy) is 1. The van der Waals surface area contributed by atoms with E-state index in [1.165, 1.54) is 5.69 Å². The van der Waals surface area contributed by atoms with Crippen molar-refractivity contribution in [1.29, 1.82) is 5.26 Å². The van der Waals surface area contributed by atoms with Crippen LogP contribution in [0.1, 0.15) is 5.56 Å². The fourth-order valence-corrected chi connectivity index (χ4v) is 3.59. The third kappa shape index (κ3) is 3.54. The lowest BCUT2D eigenvalue weighted by atomic mass is 10.1. The predicted octanol–water partition coefficient (Wildman–Crippen LogP) is 2.89. The zero-order chi connectivity index (χ0) is 20.3. The number of hydrogen-bond donors (Lipinski definition) is 2. The number of aromatic amines is 2. The molecule has 30 heavy (non-hydrogen) atoms. The molecule has 0 amide bonds. The standard InChI is InChI=1S/C22H19N7O/c23-13-15-2-1-3-16(12-15)19-20-21(25-14-24-20)28-22(27-19)26-17-4-6-18(7-5-17)29-8-10-30-11-9-29/h1-7,12,14H,8-11H2,(H2,24,25,26,27,28)/p+1. The van der Waals surface area contributed by atoms with Gasteiger partial charge < -0.3 is 15.0 Å². The number of fused-ring (bicyclic) bond motifs is 1. The monoisotopic (exact) mass is 398 g/mol. The number of morpholine rings is 1. The van der Waals surface area contributed by atoms with E-state index >= 15 is 0 Å². The smallest absolute Gasteiger partial charge is 0.305 e. The van der Waals surface area contributed by atoms with Gasteiger partial charge in [0.2, 0.25) is 0 Å². The second-order valence-corrected chi connectivity index (χ2v) is 7.02. The van der Waals surface area contributed by atoms with Crippen molar-refractivity contribution in [3.05, 3.63) is 60.4 Å². The molecule has 0 spiro atoms. The van der Waals surface area contributed by atoms with Crippen molar-refractivity contribution in [3.63, 3.8) is 0 Å². The van der Waals surface area contributed by atoms with E-state index < -0.39 is 0 Å². The molecule has 0 bridgehead atoms. The van der Waals surface area contributed by atoms with Crippen LogP contribution >= 0.6 is 0 Å². The Bertz CT molecular complexity index is 1220. The first-order valence-corrected chi connectivity index (χ1v) is 9.77. The first kappa shape index (κ1) is 18.1. The minimum atomic E-state index is 0.481. The van der Waals surface area contributed by atoms with Gasteiger partial charge in [0.25, 0.3) is 0 Å². The second-order valence-electron chi connectivity index (χ2n) is 7.02. The summed E-state index contributed by atoms with van der Waals surface area (Å²) in [6.45, 7) is 3.33. The van der Waals surface area contributed by atoms with Crippen molar-refractivity contribution in [2.45, 2.75) is 0 Å². The van der Waals surface area contributed by atoms with Gasteiger partial charge in [0.05, 0.1) is 24.8 Å². The summed E-state index contributed by atoms with van der Waals surface area (Å²) >= 11 is 0. The zero-order valence-electron chi connectivity index (χ0n) is 16.2. The molecule has 2 aromatic carbocycles. The van der Waals surface area contributed by atoms with Gasteiger partial charge in [0.1, 0.15) is 5.69 Å². The molecular formula is C22H20N7O+. The maximum atomic E-state index is 9.23. The summed E-state index contributed by atoms with van der Waals surface area (Å²) < 4.78 is 5.42. The fraction of sp³-hybridized carbons (Fsp3) is 0.182. The molecule has 3 heterocycles. The van der Waals surface area contributed by atoms with Gasteiger partial charge in [0, 0.05) is 30.0 Å². The van der Waals surface area contributed by atoms with E-state index in [9.17, 15) is 5.26 Å². The summed E-state index contributed by atoms with van der Waals surface area (Å²) in [5.74, 6) is 0.481. The Kier molecular flexibility index (Phi) is 4.71. The van der Waals surface area contributed by atoms with Crippen LogP contribution in [0.4, 0.5) is 17.3 Å². The van der Waals surface area contributed by atoms with E-state index in [1.54, 1.807) is 12.4 Å². The Morgan fingerprint density at radius 3 is 2.73 bits per heavy atom. The Balaban J connectivity index is 1.45. The number of anilines is 3. The van der Waals surface area contributed by atoms with Crippen LogP contribution < -0.4 is 15.2 Å². The number of nitrogens with one attached hydrogen (secondary N) is 3. The van der Waals surface area contributed by atoms with Gasteiger partial charge in [-0.15, -0.1) is 0 Å².